The molecule has 7 heteroatoms. The van der Waals surface area contributed by atoms with Crippen molar-refractivity contribution < 1.29 is 22.7 Å². The Labute approximate surface area is 115 Å². The fourth-order valence-electron chi connectivity index (χ4n) is 2.12. The quantitative estimate of drug-likeness (QED) is 0.885. The predicted octanol–water partition coefficient (Wildman–Crippen LogP) is 1.63. The molecular formula is C13H14FNO4S. The molecule has 5 nitrogen and oxygen atoms in total. The molecular weight excluding hydrogens is 285 g/mol. The third-order valence-corrected chi connectivity index (χ3v) is 5.40. The van der Waals surface area contributed by atoms with Crippen LogP contribution in [-0.4, -0.2) is 24.7 Å². The molecule has 2 aliphatic carbocycles. The van der Waals surface area contributed by atoms with E-state index in [9.17, 15) is 22.7 Å². The van der Waals surface area contributed by atoms with Gasteiger partial charge in [-0.2, -0.15) is 0 Å². The fraction of sp³-hybridized carbons (Fsp3) is 0.462. The number of amides is 1. The van der Waals surface area contributed by atoms with Gasteiger partial charge in [0, 0.05) is 6.07 Å². The Morgan fingerprint density at radius 1 is 1.25 bits per heavy atom. The Morgan fingerprint density at radius 3 is 2.45 bits per heavy atom. The first-order chi connectivity index (χ1) is 9.38. The molecule has 2 N–H and O–H groups in total. The van der Waals surface area contributed by atoms with E-state index < -0.39 is 27.0 Å². The first-order valence-electron chi connectivity index (χ1n) is 6.47. The van der Waals surface area contributed by atoms with Gasteiger partial charge >= 0.3 is 0 Å². The van der Waals surface area contributed by atoms with Crippen molar-refractivity contribution in [3.05, 3.63) is 29.1 Å². The standard InChI is InChI=1S/C13H14FNO4S/c14-11-6-12(16)9(7-1-2-7)5-10(11)13(17)15-20(18,19)8-3-4-8/h5-8,16H,1-4H2,(H,15,17). The largest absolute Gasteiger partial charge is 0.508 e. The van der Waals surface area contributed by atoms with Crippen LogP contribution in [0, 0.1) is 5.82 Å². The molecule has 0 heterocycles. The van der Waals surface area contributed by atoms with Gasteiger partial charge in [0.1, 0.15) is 11.6 Å². The van der Waals surface area contributed by atoms with E-state index in [4.69, 9.17) is 0 Å². The number of hydrogen-bond acceptors (Lipinski definition) is 4. The number of halogens is 1. The average molecular weight is 299 g/mol. The summed E-state index contributed by atoms with van der Waals surface area (Å²) in [5.74, 6) is -1.96. The summed E-state index contributed by atoms with van der Waals surface area (Å²) in [5.41, 5.74) is 0.161. The summed E-state index contributed by atoms with van der Waals surface area (Å²) in [4.78, 5) is 11.9. The lowest BCUT2D eigenvalue weighted by molar-refractivity contribution is 0.0977. The molecule has 0 aliphatic heterocycles. The lowest BCUT2D eigenvalue weighted by Gasteiger charge is -2.09. The van der Waals surface area contributed by atoms with Crippen LogP contribution in [0.15, 0.2) is 12.1 Å². The zero-order valence-electron chi connectivity index (χ0n) is 10.6. The molecule has 2 saturated carbocycles. The summed E-state index contributed by atoms with van der Waals surface area (Å²) in [6.07, 6.45) is 2.79. The second-order valence-electron chi connectivity index (χ2n) is 5.34. The van der Waals surface area contributed by atoms with Crippen LogP contribution in [0.2, 0.25) is 0 Å². The lowest BCUT2D eigenvalue weighted by atomic mass is 10.0. The minimum Gasteiger partial charge on any atom is -0.508 e. The van der Waals surface area contributed by atoms with Gasteiger partial charge < -0.3 is 5.11 Å². The highest BCUT2D eigenvalue weighted by Crippen LogP contribution is 2.44. The van der Waals surface area contributed by atoms with Gasteiger partial charge in [-0.1, -0.05) is 0 Å². The maximum Gasteiger partial charge on any atom is 0.267 e. The molecule has 2 fully saturated rings. The van der Waals surface area contributed by atoms with Gasteiger partial charge in [-0.3, -0.25) is 4.79 Å². The van der Waals surface area contributed by atoms with E-state index in [0.29, 0.717) is 18.4 Å². The molecule has 2 aliphatic rings. The summed E-state index contributed by atoms with van der Waals surface area (Å²) < 4.78 is 39.0. The molecule has 0 radical (unpaired) electrons. The van der Waals surface area contributed by atoms with Gasteiger partial charge in [0.25, 0.3) is 5.91 Å². The van der Waals surface area contributed by atoms with E-state index >= 15 is 0 Å². The Morgan fingerprint density at radius 2 is 1.90 bits per heavy atom. The third-order valence-electron chi connectivity index (χ3n) is 3.58. The predicted molar refractivity (Wildman–Crippen MR) is 69.4 cm³/mol. The molecule has 3 rings (SSSR count). The van der Waals surface area contributed by atoms with Crippen molar-refractivity contribution in [2.45, 2.75) is 36.9 Å². The molecule has 0 bridgehead atoms. The van der Waals surface area contributed by atoms with Gasteiger partial charge in [0.15, 0.2) is 0 Å². The van der Waals surface area contributed by atoms with Gasteiger partial charge in [0.05, 0.1) is 10.8 Å². The van der Waals surface area contributed by atoms with Crippen LogP contribution in [0.25, 0.3) is 0 Å². The van der Waals surface area contributed by atoms with E-state index in [0.717, 1.165) is 18.9 Å². The van der Waals surface area contributed by atoms with Crippen molar-refractivity contribution >= 4 is 15.9 Å². The highest BCUT2D eigenvalue weighted by molar-refractivity contribution is 7.91. The summed E-state index contributed by atoms with van der Waals surface area (Å²) >= 11 is 0. The number of benzene rings is 1. The first kappa shape index (κ1) is 13.4. The molecule has 1 amide bonds. The second-order valence-corrected chi connectivity index (χ2v) is 7.30. The van der Waals surface area contributed by atoms with Crippen LogP contribution in [0.1, 0.15) is 47.5 Å². The van der Waals surface area contributed by atoms with E-state index in [1.165, 1.54) is 6.07 Å². The molecule has 0 unspecified atom stereocenters. The van der Waals surface area contributed by atoms with E-state index in [1.54, 1.807) is 0 Å². The number of aromatic hydroxyl groups is 1. The minimum atomic E-state index is -3.71. The zero-order chi connectivity index (χ0) is 14.5. The summed E-state index contributed by atoms with van der Waals surface area (Å²) in [7, 11) is -3.71. The number of phenolic OH excluding ortho intramolecular Hbond substituents is 1. The van der Waals surface area contributed by atoms with Crippen LogP contribution in [0.5, 0.6) is 5.75 Å². The number of carbonyl (C=O) groups excluding carboxylic acids is 1. The zero-order valence-corrected chi connectivity index (χ0v) is 11.4. The first-order valence-corrected chi connectivity index (χ1v) is 8.01. The Balaban J connectivity index is 1.89. The monoisotopic (exact) mass is 299 g/mol. The number of hydrogen-bond donors (Lipinski definition) is 2. The molecule has 1 aromatic rings. The smallest absolute Gasteiger partial charge is 0.267 e. The molecule has 0 saturated heterocycles. The number of rotatable bonds is 4. The highest BCUT2D eigenvalue weighted by atomic mass is 32.2. The molecule has 0 spiro atoms. The van der Waals surface area contributed by atoms with E-state index in [1.807, 2.05) is 4.72 Å². The van der Waals surface area contributed by atoms with Crippen molar-refractivity contribution in [3.8, 4) is 5.75 Å². The molecule has 20 heavy (non-hydrogen) atoms. The van der Waals surface area contributed by atoms with Crippen molar-refractivity contribution in [1.82, 2.24) is 4.72 Å². The lowest BCUT2D eigenvalue weighted by Crippen LogP contribution is -2.33. The van der Waals surface area contributed by atoms with Gasteiger partial charge in [0.2, 0.25) is 10.0 Å². The van der Waals surface area contributed by atoms with Crippen LogP contribution in [0.3, 0.4) is 0 Å². The topological polar surface area (TPSA) is 83.5 Å². The Bertz CT molecular complexity index is 678. The van der Waals surface area contributed by atoms with Crippen molar-refractivity contribution in [1.29, 1.82) is 0 Å². The molecule has 1 aromatic carbocycles. The summed E-state index contributed by atoms with van der Waals surface area (Å²) in [6, 6.07) is 2.12. The van der Waals surface area contributed by atoms with E-state index in [-0.39, 0.29) is 17.2 Å². The number of nitrogens with one attached hydrogen (secondary N) is 1. The normalized spacial score (nSPS) is 18.9. The second kappa shape index (κ2) is 4.44. The number of phenols is 1. The van der Waals surface area contributed by atoms with Gasteiger partial charge in [-0.05, 0) is 43.2 Å². The van der Waals surface area contributed by atoms with Crippen LogP contribution >= 0.6 is 0 Å². The molecule has 108 valence electrons. The van der Waals surface area contributed by atoms with Crippen molar-refractivity contribution in [2.24, 2.45) is 0 Å². The highest BCUT2D eigenvalue weighted by Gasteiger charge is 2.37. The Kier molecular flexibility index (Phi) is 2.97. The van der Waals surface area contributed by atoms with Gasteiger partial charge in [-0.15, -0.1) is 0 Å². The average Bonchev–Trinajstić information content (AvgIpc) is 3.20. The maximum atomic E-state index is 13.7. The maximum absolute atomic E-state index is 13.7. The summed E-state index contributed by atoms with van der Waals surface area (Å²) in [6.45, 7) is 0. The molecule has 0 aromatic heterocycles. The summed E-state index contributed by atoms with van der Waals surface area (Å²) in [5, 5.41) is 9.10. The molecule has 0 atom stereocenters. The number of sulfonamides is 1. The Hall–Kier alpha value is -1.63. The SMILES string of the molecule is O=C(NS(=O)(=O)C1CC1)c1cc(C2CC2)c(O)cc1F. The fourth-order valence-corrected chi connectivity index (χ4v) is 3.41. The third kappa shape index (κ3) is 2.49. The van der Waals surface area contributed by atoms with Gasteiger partial charge in [-0.25, -0.2) is 17.5 Å². The van der Waals surface area contributed by atoms with Crippen molar-refractivity contribution in [2.75, 3.05) is 0 Å². The van der Waals surface area contributed by atoms with Crippen molar-refractivity contribution in [3.63, 3.8) is 0 Å². The van der Waals surface area contributed by atoms with Crippen LogP contribution in [0.4, 0.5) is 4.39 Å². The van der Waals surface area contributed by atoms with Crippen LogP contribution < -0.4 is 4.72 Å². The van der Waals surface area contributed by atoms with E-state index in [2.05, 4.69) is 0 Å². The minimum absolute atomic E-state index is 0.127. The number of carbonyl (C=O) groups is 1. The van der Waals surface area contributed by atoms with Crippen LogP contribution in [-0.2, 0) is 10.0 Å².